The lowest BCUT2D eigenvalue weighted by Crippen LogP contribution is -2.09. The summed E-state index contributed by atoms with van der Waals surface area (Å²) in [6, 6.07) is 7.17. The quantitative estimate of drug-likeness (QED) is 0.782. The average Bonchev–Trinajstić information content (AvgIpc) is 2.18. The van der Waals surface area contributed by atoms with Crippen LogP contribution in [0, 0.1) is 0 Å². The summed E-state index contributed by atoms with van der Waals surface area (Å²) in [5.41, 5.74) is 1.53. The first-order valence-electron chi connectivity index (χ1n) is 5.19. The molecule has 1 rings (SSSR count). The molecule has 0 saturated carbocycles. The van der Waals surface area contributed by atoms with E-state index in [4.69, 9.17) is 4.55 Å². The van der Waals surface area contributed by atoms with E-state index in [-0.39, 0.29) is 11.7 Å². The van der Waals surface area contributed by atoms with Crippen LogP contribution >= 0.6 is 0 Å². The van der Waals surface area contributed by atoms with Crippen molar-refractivity contribution in [1.29, 1.82) is 0 Å². The molecule has 0 fully saturated rings. The number of carbonyl (C=O) groups excluding carboxylic acids is 1. The highest BCUT2D eigenvalue weighted by Crippen LogP contribution is 2.16. The second-order valence-electron chi connectivity index (χ2n) is 3.73. The molecule has 0 atom stereocenters. The monoisotopic (exact) mass is 257 g/mol. The van der Waals surface area contributed by atoms with Gasteiger partial charge in [-0.25, -0.2) is 0 Å². The van der Waals surface area contributed by atoms with Gasteiger partial charge in [0.25, 0.3) is 10.1 Å². The third-order valence-electron chi connectivity index (χ3n) is 2.18. The van der Waals surface area contributed by atoms with Gasteiger partial charge in [0.1, 0.15) is 0 Å². The van der Waals surface area contributed by atoms with Crippen molar-refractivity contribution in [1.82, 2.24) is 0 Å². The van der Waals surface area contributed by atoms with Crippen molar-refractivity contribution in [3.8, 4) is 0 Å². The molecule has 5 nitrogen and oxygen atoms in total. The lowest BCUT2D eigenvalue weighted by molar-refractivity contribution is -0.114. The van der Waals surface area contributed by atoms with Crippen LogP contribution in [0.2, 0.25) is 0 Å². The van der Waals surface area contributed by atoms with E-state index in [1.807, 2.05) is 12.1 Å². The van der Waals surface area contributed by atoms with E-state index in [0.29, 0.717) is 18.5 Å². The molecule has 0 radical (unpaired) electrons. The fourth-order valence-corrected chi connectivity index (χ4v) is 2.00. The average molecular weight is 257 g/mol. The van der Waals surface area contributed by atoms with Crippen molar-refractivity contribution < 1.29 is 17.8 Å². The Labute approximate surface area is 101 Å². The van der Waals surface area contributed by atoms with Crippen molar-refractivity contribution in [3.63, 3.8) is 0 Å². The van der Waals surface area contributed by atoms with Gasteiger partial charge >= 0.3 is 0 Å². The minimum atomic E-state index is -3.92. The molecule has 0 aliphatic heterocycles. The Bertz CT molecular complexity index is 496. The number of carbonyl (C=O) groups is 1. The highest BCUT2D eigenvalue weighted by molar-refractivity contribution is 7.85. The summed E-state index contributed by atoms with van der Waals surface area (Å²) in [5, 5.41) is 2.67. The lowest BCUT2D eigenvalue weighted by Gasteiger charge is -2.08. The Morgan fingerprint density at radius 1 is 1.35 bits per heavy atom. The van der Waals surface area contributed by atoms with E-state index in [2.05, 4.69) is 5.32 Å². The smallest absolute Gasteiger partial charge is 0.264 e. The minimum absolute atomic E-state index is 0.174. The molecular weight excluding hydrogens is 242 g/mol. The fraction of sp³-hybridized carbons (Fsp3) is 0.364. The number of hydrogen-bond donors (Lipinski definition) is 2. The van der Waals surface area contributed by atoms with Crippen LogP contribution in [0.5, 0.6) is 0 Å². The van der Waals surface area contributed by atoms with Gasteiger partial charge in [-0.2, -0.15) is 8.42 Å². The van der Waals surface area contributed by atoms with Gasteiger partial charge in [-0.15, -0.1) is 0 Å². The van der Waals surface area contributed by atoms with Gasteiger partial charge in [0.05, 0.1) is 5.75 Å². The van der Waals surface area contributed by atoms with Gasteiger partial charge in [-0.3, -0.25) is 9.35 Å². The van der Waals surface area contributed by atoms with Crippen LogP contribution in [0.4, 0.5) is 5.69 Å². The van der Waals surface area contributed by atoms with Crippen molar-refractivity contribution in [3.05, 3.63) is 29.8 Å². The topological polar surface area (TPSA) is 83.5 Å². The number of amides is 1. The maximum atomic E-state index is 11.0. The van der Waals surface area contributed by atoms with Crippen LogP contribution in [-0.2, 0) is 21.3 Å². The summed E-state index contributed by atoms with van der Waals surface area (Å²) < 4.78 is 29.8. The molecule has 0 aromatic heterocycles. The maximum absolute atomic E-state index is 11.0. The van der Waals surface area contributed by atoms with Crippen LogP contribution < -0.4 is 5.32 Å². The van der Waals surface area contributed by atoms with Gasteiger partial charge in [0.15, 0.2) is 0 Å². The fourth-order valence-electron chi connectivity index (χ4n) is 1.49. The molecule has 0 bridgehead atoms. The molecule has 17 heavy (non-hydrogen) atoms. The second kappa shape index (κ2) is 5.79. The van der Waals surface area contributed by atoms with Crippen molar-refractivity contribution >= 4 is 21.7 Å². The molecule has 0 spiro atoms. The van der Waals surface area contributed by atoms with E-state index in [9.17, 15) is 13.2 Å². The van der Waals surface area contributed by atoms with Crippen LogP contribution in [0.3, 0.4) is 0 Å². The zero-order chi connectivity index (χ0) is 12.9. The van der Waals surface area contributed by atoms with Crippen LogP contribution in [0.1, 0.15) is 18.9 Å². The number of benzene rings is 1. The van der Waals surface area contributed by atoms with Crippen LogP contribution in [-0.4, -0.2) is 24.6 Å². The first-order valence-corrected chi connectivity index (χ1v) is 6.80. The summed E-state index contributed by atoms with van der Waals surface area (Å²) in [4.78, 5) is 11.0. The zero-order valence-corrected chi connectivity index (χ0v) is 10.3. The zero-order valence-electron chi connectivity index (χ0n) is 9.51. The minimum Gasteiger partial charge on any atom is -0.326 e. The predicted octanol–water partition coefficient (Wildman–Crippen LogP) is 1.47. The van der Waals surface area contributed by atoms with Crippen LogP contribution in [0.15, 0.2) is 24.3 Å². The molecule has 0 saturated heterocycles. The maximum Gasteiger partial charge on any atom is 0.264 e. The van der Waals surface area contributed by atoms with E-state index in [1.165, 1.54) is 6.92 Å². The third kappa shape index (κ3) is 5.46. The van der Waals surface area contributed by atoms with E-state index >= 15 is 0 Å². The van der Waals surface area contributed by atoms with Crippen molar-refractivity contribution in [2.45, 2.75) is 19.8 Å². The van der Waals surface area contributed by atoms with Gasteiger partial charge in [0.2, 0.25) is 5.91 Å². The second-order valence-corrected chi connectivity index (χ2v) is 5.30. The molecule has 0 aliphatic rings. The molecule has 1 aromatic rings. The molecule has 94 valence electrons. The van der Waals surface area contributed by atoms with Crippen molar-refractivity contribution in [2.75, 3.05) is 11.1 Å². The summed E-state index contributed by atoms with van der Waals surface area (Å²) in [5.74, 6) is -0.450. The number of hydrogen-bond acceptors (Lipinski definition) is 3. The molecular formula is C11H15NO4S. The molecule has 6 heteroatoms. The van der Waals surface area contributed by atoms with Gasteiger partial charge in [-0.1, -0.05) is 18.2 Å². The number of aryl methyl sites for hydroxylation is 1. The molecule has 0 heterocycles. The molecule has 2 N–H and O–H groups in total. The Hall–Kier alpha value is -1.40. The Kier molecular flexibility index (Phi) is 4.65. The van der Waals surface area contributed by atoms with Crippen molar-refractivity contribution in [2.24, 2.45) is 0 Å². The Balaban J connectivity index is 2.67. The number of anilines is 1. The summed E-state index contributed by atoms with van der Waals surface area (Å²) in [6.07, 6.45) is 0.797. The first-order chi connectivity index (χ1) is 7.88. The Morgan fingerprint density at radius 3 is 2.59 bits per heavy atom. The highest BCUT2D eigenvalue weighted by Gasteiger charge is 2.07. The number of para-hydroxylation sites is 1. The Morgan fingerprint density at radius 2 is 2.00 bits per heavy atom. The normalized spacial score (nSPS) is 11.2. The van der Waals surface area contributed by atoms with E-state index in [1.54, 1.807) is 12.1 Å². The van der Waals surface area contributed by atoms with E-state index in [0.717, 1.165) is 5.56 Å². The van der Waals surface area contributed by atoms with Crippen LogP contribution in [0.25, 0.3) is 0 Å². The third-order valence-corrected chi connectivity index (χ3v) is 2.98. The molecule has 1 aromatic carbocycles. The van der Waals surface area contributed by atoms with Gasteiger partial charge < -0.3 is 5.32 Å². The largest absolute Gasteiger partial charge is 0.326 e. The van der Waals surface area contributed by atoms with Gasteiger partial charge in [-0.05, 0) is 24.5 Å². The predicted molar refractivity (Wildman–Crippen MR) is 65.5 cm³/mol. The van der Waals surface area contributed by atoms with E-state index < -0.39 is 10.1 Å². The molecule has 0 unspecified atom stereocenters. The standard InChI is InChI=1S/C11H15NO4S/c1-9(13)12-11-7-3-2-5-10(11)6-4-8-17(14,15)16/h2-3,5,7H,4,6,8H2,1H3,(H,12,13)(H,14,15,16). The summed E-state index contributed by atoms with van der Waals surface area (Å²) in [6.45, 7) is 1.41. The highest BCUT2D eigenvalue weighted by atomic mass is 32.2. The number of nitrogens with one attached hydrogen (secondary N) is 1. The van der Waals surface area contributed by atoms with Gasteiger partial charge in [0, 0.05) is 12.6 Å². The first kappa shape index (κ1) is 13.7. The molecule has 1 amide bonds. The lowest BCUT2D eigenvalue weighted by atomic mass is 10.1. The SMILES string of the molecule is CC(=O)Nc1ccccc1CCCS(=O)(=O)O. The summed E-state index contributed by atoms with van der Waals surface area (Å²) in [7, 11) is -3.92. The number of rotatable bonds is 5. The molecule has 0 aliphatic carbocycles. The summed E-state index contributed by atoms with van der Waals surface area (Å²) >= 11 is 0.